The molecule has 0 amide bonds. The second-order valence-electron chi connectivity index (χ2n) is 5.41. The number of benzene rings is 1. The molecule has 0 aliphatic carbocycles. The number of rotatable bonds is 5. The Morgan fingerprint density at radius 3 is 2.83 bits per heavy atom. The zero-order chi connectivity index (χ0) is 17.1. The van der Waals surface area contributed by atoms with Crippen LogP contribution in [0.5, 0.6) is 0 Å². The van der Waals surface area contributed by atoms with Crippen LogP contribution in [-0.2, 0) is 0 Å². The van der Waals surface area contributed by atoms with Gasteiger partial charge in [-0.05, 0) is 37.6 Å². The fraction of sp³-hybridized carbons (Fsp3) is 0.188. The van der Waals surface area contributed by atoms with E-state index in [4.69, 9.17) is 0 Å². The molecule has 0 unspecified atom stereocenters. The van der Waals surface area contributed by atoms with Crippen LogP contribution in [0.25, 0.3) is 5.69 Å². The molecule has 8 nitrogen and oxygen atoms in total. The van der Waals surface area contributed by atoms with Crippen LogP contribution in [0.15, 0.2) is 49.2 Å². The van der Waals surface area contributed by atoms with Crippen molar-refractivity contribution in [1.29, 1.82) is 0 Å². The summed E-state index contributed by atoms with van der Waals surface area (Å²) in [5.41, 5.74) is 2.54. The molecule has 24 heavy (non-hydrogen) atoms. The first-order valence-electron chi connectivity index (χ1n) is 7.37. The van der Waals surface area contributed by atoms with Crippen molar-refractivity contribution in [2.45, 2.75) is 19.9 Å². The van der Waals surface area contributed by atoms with Gasteiger partial charge in [0.2, 0.25) is 0 Å². The van der Waals surface area contributed by atoms with E-state index in [0.29, 0.717) is 11.4 Å². The summed E-state index contributed by atoms with van der Waals surface area (Å²) in [7, 11) is 0. The largest absolute Gasteiger partial charge is 0.364 e. The van der Waals surface area contributed by atoms with E-state index in [9.17, 15) is 10.1 Å². The Kier molecular flexibility index (Phi) is 4.19. The first kappa shape index (κ1) is 15.6. The molecule has 0 aliphatic heterocycles. The highest BCUT2D eigenvalue weighted by Gasteiger charge is 2.13. The summed E-state index contributed by atoms with van der Waals surface area (Å²) in [6.45, 7) is 3.69. The van der Waals surface area contributed by atoms with E-state index >= 15 is 0 Å². The number of nitrogens with zero attached hydrogens (tertiary/aromatic N) is 5. The monoisotopic (exact) mass is 324 g/mol. The SMILES string of the molecule is Cc1cc(N[C@@H](C)c2cccc(-n3cncn3)c2)ncc1[N+](=O)[O-]. The summed E-state index contributed by atoms with van der Waals surface area (Å²) in [4.78, 5) is 18.5. The van der Waals surface area contributed by atoms with E-state index in [0.717, 1.165) is 11.3 Å². The highest BCUT2D eigenvalue weighted by atomic mass is 16.6. The third-order valence-electron chi connectivity index (χ3n) is 3.70. The molecule has 0 saturated heterocycles. The lowest BCUT2D eigenvalue weighted by Gasteiger charge is -2.16. The van der Waals surface area contributed by atoms with Crippen LogP contribution in [-0.4, -0.2) is 24.7 Å². The van der Waals surface area contributed by atoms with Gasteiger partial charge in [-0.1, -0.05) is 12.1 Å². The molecule has 3 aromatic rings. The van der Waals surface area contributed by atoms with E-state index in [2.05, 4.69) is 20.4 Å². The van der Waals surface area contributed by atoms with Crippen LogP contribution in [0.2, 0.25) is 0 Å². The summed E-state index contributed by atoms with van der Waals surface area (Å²) in [6.07, 6.45) is 4.40. The Morgan fingerprint density at radius 2 is 2.17 bits per heavy atom. The molecule has 0 aliphatic rings. The maximum absolute atomic E-state index is 10.9. The first-order valence-corrected chi connectivity index (χ1v) is 7.37. The van der Waals surface area contributed by atoms with Gasteiger partial charge in [-0.15, -0.1) is 0 Å². The summed E-state index contributed by atoms with van der Waals surface area (Å²) < 4.78 is 1.69. The Labute approximate surface area is 138 Å². The molecule has 2 aromatic heterocycles. The molecule has 0 spiro atoms. The fourth-order valence-corrected chi connectivity index (χ4v) is 2.40. The van der Waals surface area contributed by atoms with Gasteiger partial charge in [0.25, 0.3) is 5.69 Å². The zero-order valence-electron chi connectivity index (χ0n) is 13.2. The third kappa shape index (κ3) is 3.22. The van der Waals surface area contributed by atoms with Gasteiger partial charge in [-0.2, -0.15) is 5.10 Å². The zero-order valence-corrected chi connectivity index (χ0v) is 13.2. The van der Waals surface area contributed by atoms with Crippen LogP contribution >= 0.6 is 0 Å². The minimum Gasteiger partial charge on any atom is -0.364 e. The number of nitrogens with one attached hydrogen (secondary N) is 1. The Hall–Kier alpha value is -3.29. The number of anilines is 1. The molecule has 0 saturated carbocycles. The summed E-state index contributed by atoms with van der Waals surface area (Å²) >= 11 is 0. The van der Waals surface area contributed by atoms with Gasteiger partial charge < -0.3 is 5.32 Å². The Balaban J connectivity index is 1.80. The van der Waals surface area contributed by atoms with Crippen molar-refractivity contribution >= 4 is 11.5 Å². The number of hydrogen-bond donors (Lipinski definition) is 1. The molecule has 3 rings (SSSR count). The molecule has 0 fully saturated rings. The smallest absolute Gasteiger partial charge is 0.290 e. The lowest BCUT2D eigenvalue weighted by Crippen LogP contribution is -2.09. The summed E-state index contributed by atoms with van der Waals surface area (Å²) in [5.74, 6) is 0.594. The molecule has 122 valence electrons. The molecule has 8 heteroatoms. The topological polar surface area (TPSA) is 98.8 Å². The molecule has 1 aromatic carbocycles. The molecule has 1 atom stereocenters. The van der Waals surface area contributed by atoms with Gasteiger partial charge >= 0.3 is 0 Å². The summed E-state index contributed by atoms with van der Waals surface area (Å²) in [6, 6.07) is 9.54. The van der Waals surface area contributed by atoms with Gasteiger partial charge in [0.1, 0.15) is 24.7 Å². The van der Waals surface area contributed by atoms with Crippen molar-refractivity contribution in [3.8, 4) is 5.69 Å². The first-order chi connectivity index (χ1) is 11.5. The number of hydrogen-bond acceptors (Lipinski definition) is 6. The number of pyridine rings is 1. The Bertz CT molecular complexity index is 863. The average Bonchev–Trinajstić information content (AvgIpc) is 3.09. The molecule has 0 bridgehead atoms. The molecule has 1 N–H and O–H groups in total. The quantitative estimate of drug-likeness (QED) is 0.572. The van der Waals surface area contributed by atoms with E-state index in [-0.39, 0.29) is 11.7 Å². The normalized spacial score (nSPS) is 11.9. The minimum atomic E-state index is -0.433. The molecular weight excluding hydrogens is 308 g/mol. The van der Waals surface area contributed by atoms with Crippen molar-refractivity contribution in [2.75, 3.05) is 5.32 Å². The molecule has 2 heterocycles. The van der Waals surface area contributed by atoms with E-state index in [1.54, 1.807) is 24.0 Å². The van der Waals surface area contributed by atoms with Crippen LogP contribution < -0.4 is 5.32 Å². The highest BCUT2D eigenvalue weighted by molar-refractivity contribution is 5.48. The lowest BCUT2D eigenvalue weighted by molar-refractivity contribution is -0.385. The van der Waals surface area contributed by atoms with Crippen LogP contribution in [0.4, 0.5) is 11.5 Å². The van der Waals surface area contributed by atoms with Crippen molar-refractivity contribution in [2.24, 2.45) is 0 Å². The maximum Gasteiger partial charge on any atom is 0.290 e. The van der Waals surface area contributed by atoms with Crippen LogP contribution in [0, 0.1) is 17.0 Å². The van der Waals surface area contributed by atoms with E-state index in [1.165, 1.54) is 12.5 Å². The fourth-order valence-electron chi connectivity index (χ4n) is 2.40. The minimum absolute atomic E-state index is 0.0152. The number of nitro groups is 1. The second-order valence-corrected chi connectivity index (χ2v) is 5.41. The van der Waals surface area contributed by atoms with Gasteiger partial charge in [0, 0.05) is 5.56 Å². The van der Waals surface area contributed by atoms with Crippen molar-refractivity contribution < 1.29 is 4.92 Å². The van der Waals surface area contributed by atoms with E-state index < -0.39 is 4.92 Å². The lowest BCUT2D eigenvalue weighted by atomic mass is 10.1. The van der Waals surface area contributed by atoms with Crippen molar-refractivity contribution in [1.82, 2.24) is 19.7 Å². The second kappa shape index (κ2) is 6.45. The molecular formula is C16H16N6O2. The Morgan fingerprint density at radius 1 is 1.33 bits per heavy atom. The third-order valence-corrected chi connectivity index (χ3v) is 3.70. The van der Waals surface area contributed by atoms with Gasteiger partial charge in [0.15, 0.2) is 0 Å². The number of aryl methyl sites for hydroxylation is 1. The van der Waals surface area contributed by atoms with Gasteiger partial charge in [-0.3, -0.25) is 10.1 Å². The maximum atomic E-state index is 10.9. The van der Waals surface area contributed by atoms with Crippen molar-refractivity contribution in [3.63, 3.8) is 0 Å². The summed E-state index contributed by atoms with van der Waals surface area (Å²) in [5, 5.41) is 18.2. The van der Waals surface area contributed by atoms with E-state index in [1.807, 2.05) is 31.2 Å². The van der Waals surface area contributed by atoms with Gasteiger partial charge in [-0.25, -0.2) is 14.6 Å². The highest BCUT2D eigenvalue weighted by Crippen LogP contribution is 2.23. The standard InChI is InChI=1S/C16H16N6O2/c1-11-6-16(18-8-15(11)22(23)24)20-12(2)13-4-3-5-14(7-13)21-10-17-9-19-21/h3-10,12H,1-2H3,(H,18,20)/t12-/m0/s1. The van der Waals surface area contributed by atoms with Crippen LogP contribution in [0.1, 0.15) is 24.1 Å². The predicted octanol–water partition coefficient (Wildman–Crippen LogP) is 3.05. The molecule has 0 radical (unpaired) electrons. The van der Waals surface area contributed by atoms with Crippen molar-refractivity contribution in [3.05, 3.63) is 70.4 Å². The average molecular weight is 324 g/mol. The van der Waals surface area contributed by atoms with Gasteiger partial charge in [0.05, 0.1) is 16.7 Å². The predicted molar refractivity (Wildman–Crippen MR) is 89.0 cm³/mol. The van der Waals surface area contributed by atoms with Crippen LogP contribution in [0.3, 0.4) is 0 Å². The number of aromatic nitrogens is 4.